The molecule has 0 saturated carbocycles. The van der Waals surface area contributed by atoms with Gasteiger partial charge in [-0.3, -0.25) is 0 Å². The Balaban J connectivity index is 1.86. The van der Waals surface area contributed by atoms with E-state index >= 15 is 0 Å². The van der Waals surface area contributed by atoms with E-state index in [1.54, 1.807) is 18.2 Å². The normalized spacial score (nSPS) is 20.8. The molecule has 0 amide bonds. The van der Waals surface area contributed by atoms with Crippen LogP contribution in [-0.2, 0) is 11.3 Å². The van der Waals surface area contributed by atoms with Crippen LogP contribution in [0.1, 0.15) is 12.8 Å². The number of nitrogens with zero attached hydrogens (tertiary/aromatic N) is 3. The fourth-order valence-corrected chi connectivity index (χ4v) is 2.28. The van der Waals surface area contributed by atoms with Gasteiger partial charge in [-0.2, -0.15) is 0 Å². The Morgan fingerprint density at radius 1 is 1.47 bits per heavy atom. The van der Waals surface area contributed by atoms with Gasteiger partial charge < -0.3 is 9.84 Å². The second-order valence-corrected chi connectivity index (χ2v) is 4.53. The lowest BCUT2D eigenvalue weighted by Crippen LogP contribution is -2.22. The van der Waals surface area contributed by atoms with Gasteiger partial charge in [0.2, 0.25) is 0 Å². The Hall–Kier alpha value is -1.62. The summed E-state index contributed by atoms with van der Waals surface area (Å²) >= 11 is 0. The minimum absolute atomic E-state index is 0.251. The molecule has 5 nitrogen and oxygen atoms in total. The SMILES string of the molecule is Oc1ccc2nnn(CC3CCCOC3)c2c1. The summed E-state index contributed by atoms with van der Waals surface area (Å²) in [6, 6.07) is 5.12. The maximum atomic E-state index is 9.49. The average Bonchev–Trinajstić information content (AvgIpc) is 2.73. The van der Waals surface area contributed by atoms with Crippen molar-refractivity contribution in [1.82, 2.24) is 15.0 Å². The van der Waals surface area contributed by atoms with Gasteiger partial charge in [-0.25, -0.2) is 4.68 Å². The molecule has 2 aromatic rings. The summed E-state index contributed by atoms with van der Waals surface area (Å²) in [5, 5.41) is 17.7. The highest BCUT2D eigenvalue weighted by atomic mass is 16.5. The molecule has 0 spiro atoms. The third kappa shape index (κ3) is 2.10. The van der Waals surface area contributed by atoms with E-state index in [4.69, 9.17) is 4.74 Å². The van der Waals surface area contributed by atoms with Crippen LogP contribution in [0.4, 0.5) is 0 Å². The van der Waals surface area contributed by atoms with Crippen LogP contribution >= 0.6 is 0 Å². The molecule has 1 N–H and O–H groups in total. The fraction of sp³-hybridized carbons (Fsp3) is 0.500. The summed E-state index contributed by atoms with van der Waals surface area (Å²) in [7, 11) is 0. The van der Waals surface area contributed by atoms with E-state index in [2.05, 4.69) is 10.3 Å². The fourth-order valence-electron chi connectivity index (χ4n) is 2.28. The van der Waals surface area contributed by atoms with Crippen molar-refractivity contribution in [3.8, 4) is 5.75 Å². The van der Waals surface area contributed by atoms with E-state index in [0.29, 0.717) is 5.92 Å². The lowest BCUT2D eigenvalue weighted by Gasteiger charge is -2.21. The summed E-state index contributed by atoms with van der Waals surface area (Å²) in [5.74, 6) is 0.747. The molecule has 0 aliphatic carbocycles. The number of hydrogen-bond donors (Lipinski definition) is 1. The van der Waals surface area contributed by atoms with Gasteiger partial charge in [0.25, 0.3) is 0 Å². The molecule has 17 heavy (non-hydrogen) atoms. The molecular weight excluding hydrogens is 218 g/mol. The third-order valence-electron chi connectivity index (χ3n) is 3.18. The van der Waals surface area contributed by atoms with Crippen LogP contribution in [0.15, 0.2) is 18.2 Å². The van der Waals surface area contributed by atoms with Crippen LogP contribution in [0, 0.1) is 5.92 Å². The molecule has 1 saturated heterocycles. The molecule has 90 valence electrons. The van der Waals surface area contributed by atoms with Crippen LogP contribution in [0.5, 0.6) is 5.75 Å². The first kappa shape index (κ1) is 10.5. The molecule has 3 rings (SSSR count). The van der Waals surface area contributed by atoms with E-state index in [-0.39, 0.29) is 5.75 Å². The number of ether oxygens (including phenoxy) is 1. The molecule has 1 unspecified atom stereocenters. The minimum atomic E-state index is 0.251. The monoisotopic (exact) mass is 233 g/mol. The number of phenolic OH excluding ortho intramolecular Hbond substituents is 1. The highest BCUT2D eigenvalue weighted by Gasteiger charge is 2.16. The van der Waals surface area contributed by atoms with Gasteiger partial charge >= 0.3 is 0 Å². The topological polar surface area (TPSA) is 60.2 Å². The Bertz CT molecular complexity index is 517. The molecule has 1 atom stereocenters. The Kier molecular flexibility index (Phi) is 2.68. The first-order valence-corrected chi connectivity index (χ1v) is 5.93. The van der Waals surface area contributed by atoms with Gasteiger partial charge in [0.05, 0.1) is 12.1 Å². The zero-order chi connectivity index (χ0) is 11.7. The zero-order valence-electron chi connectivity index (χ0n) is 9.54. The first-order chi connectivity index (χ1) is 8.33. The number of phenols is 1. The van der Waals surface area contributed by atoms with E-state index in [1.807, 2.05) is 4.68 Å². The van der Waals surface area contributed by atoms with Crippen molar-refractivity contribution in [2.45, 2.75) is 19.4 Å². The van der Waals surface area contributed by atoms with Crippen LogP contribution in [0.3, 0.4) is 0 Å². The maximum Gasteiger partial charge on any atom is 0.117 e. The van der Waals surface area contributed by atoms with Gasteiger partial charge in [-0.05, 0) is 25.0 Å². The van der Waals surface area contributed by atoms with Crippen molar-refractivity contribution in [1.29, 1.82) is 0 Å². The summed E-state index contributed by atoms with van der Waals surface area (Å²) in [4.78, 5) is 0. The molecule has 0 radical (unpaired) electrons. The highest BCUT2D eigenvalue weighted by molar-refractivity contribution is 5.75. The van der Waals surface area contributed by atoms with Crippen molar-refractivity contribution in [3.05, 3.63) is 18.2 Å². The van der Waals surface area contributed by atoms with E-state index < -0.39 is 0 Å². The lowest BCUT2D eigenvalue weighted by molar-refractivity contribution is 0.0473. The van der Waals surface area contributed by atoms with E-state index in [1.165, 1.54) is 6.42 Å². The van der Waals surface area contributed by atoms with Crippen molar-refractivity contribution in [3.63, 3.8) is 0 Å². The number of benzene rings is 1. The lowest BCUT2D eigenvalue weighted by atomic mass is 10.0. The van der Waals surface area contributed by atoms with E-state index in [0.717, 1.165) is 37.2 Å². The Morgan fingerprint density at radius 2 is 2.41 bits per heavy atom. The van der Waals surface area contributed by atoms with Crippen molar-refractivity contribution in [2.75, 3.05) is 13.2 Å². The van der Waals surface area contributed by atoms with Crippen LogP contribution in [0.25, 0.3) is 11.0 Å². The molecule has 5 heteroatoms. The summed E-state index contributed by atoms with van der Waals surface area (Å²) in [5.41, 5.74) is 1.70. The zero-order valence-corrected chi connectivity index (χ0v) is 9.54. The second-order valence-electron chi connectivity index (χ2n) is 4.53. The number of aromatic nitrogens is 3. The predicted molar refractivity (Wildman–Crippen MR) is 62.7 cm³/mol. The molecule has 0 bridgehead atoms. The maximum absolute atomic E-state index is 9.49. The Labute approximate surface area is 99.0 Å². The minimum Gasteiger partial charge on any atom is -0.508 e. The molecule has 1 aromatic heterocycles. The summed E-state index contributed by atoms with van der Waals surface area (Å²) in [6.45, 7) is 2.47. The Morgan fingerprint density at radius 3 is 3.24 bits per heavy atom. The first-order valence-electron chi connectivity index (χ1n) is 5.93. The van der Waals surface area contributed by atoms with Crippen molar-refractivity contribution in [2.24, 2.45) is 5.92 Å². The van der Waals surface area contributed by atoms with Gasteiger partial charge in [0.15, 0.2) is 0 Å². The molecule has 1 fully saturated rings. The van der Waals surface area contributed by atoms with E-state index in [9.17, 15) is 5.11 Å². The molecule has 2 heterocycles. The smallest absolute Gasteiger partial charge is 0.117 e. The van der Waals surface area contributed by atoms with Crippen molar-refractivity contribution < 1.29 is 9.84 Å². The van der Waals surface area contributed by atoms with Gasteiger partial charge in [-0.1, -0.05) is 5.21 Å². The van der Waals surface area contributed by atoms with Gasteiger partial charge in [-0.15, -0.1) is 5.10 Å². The molecule has 1 aromatic carbocycles. The quantitative estimate of drug-likeness (QED) is 0.855. The van der Waals surface area contributed by atoms with Gasteiger partial charge in [0, 0.05) is 25.1 Å². The van der Waals surface area contributed by atoms with Crippen LogP contribution < -0.4 is 0 Å². The van der Waals surface area contributed by atoms with Crippen molar-refractivity contribution >= 4 is 11.0 Å². The third-order valence-corrected chi connectivity index (χ3v) is 3.18. The van der Waals surface area contributed by atoms with Gasteiger partial charge in [0.1, 0.15) is 11.3 Å². The second kappa shape index (κ2) is 4.33. The van der Waals surface area contributed by atoms with Crippen LogP contribution in [0.2, 0.25) is 0 Å². The number of fused-ring (bicyclic) bond motifs is 1. The van der Waals surface area contributed by atoms with Crippen LogP contribution in [-0.4, -0.2) is 33.3 Å². The molecule has 1 aliphatic heterocycles. The highest BCUT2D eigenvalue weighted by Crippen LogP contribution is 2.21. The molecule has 1 aliphatic rings. The number of hydrogen-bond acceptors (Lipinski definition) is 4. The average molecular weight is 233 g/mol. The number of rotatable bonds is 2. The predicted octanol–water partition coefficient (Wildman–Crippen LogP) is 1.56. The standard InChI is InChI=1S/C12H15N3O2/c16-10-3-4-11-12(6-10)15(14-13-11)7-9-2-1-5-17-8-9/h3-4,6,9,16H,1-2,5,7-8H2. The summed E-state index contributed by atoms with van der Waals surface area (Å²) in [6.07, 6.45) is 2.28. The summed E-state index contributed by atoms with van der Waals surface area (Å²) < 4.78 is 7.31. The molecular formula is C12H15N3O2. The largest absolute Gasteiger partial charge is 0.508 e. The number of aromatic hydroxyl groups is 1.